The summed E-state index contributed by atoms with van der Waals surface area (Å²) in [5.41, 5.74) is -0.00469. The quantitative estimate of drug-likeness (QED) is 0.476. The molecule has 0 saturated carbocycles. The lowest BCUT2D eigenvalue weighted by Gasteiger charge is -2.09. The molecule has 6 heteroatoms. The Balaban J connectivity index is 2.72. The minimum Gasteiger partial charge on any atom is -0.508 e. The van der Waals surface area contributed by atoms with Crippen molar-refractivity contribution < 1.29 is 19.8 Å². The number of aromatic carboxylic acids is 1. The Kier molecular flexibility index (Phi) is 4.98. The Morgan fingerprint density at radius 3 is 2.67 bits per heavy atom. The summed E-state index contributed by atoms with van der Waals surface area (Å²) >= 11 is 0. The van der Waals surface area contributed by atoms with Gasteiger partial charge in [0.2, 0.25) is 0 Å². The van der Waals surface area contributed by atoms with Crippen molar-refractivity contribution >= 4 is 17.7 Å². The topological polar surface area (TPSA) is 98.7 Å². The molecule has 0 atom stereocenters. The number of rotatable bonds is 5. The number of urea groups is 1. The molecule has 0 fully saturated rings. The number of carbonyl (C=O) groups is 2. The molecule has 6 nitrogen and oxygen atoms in total. The summed E-state index contributed by atoms with van der Waals surface area (Å²) < 4.78 is 0. The van der Waals surface area contributed by atoms with E-state index < -0.39 is 12.0 Å². The lowest BCUT2D eigenvalue weighted by molar-refractivity contribution is 0.0697. The molecule has 0 spiro atoms. The molecule has 0 heterocycles. The summed E-state index contributed by atoms with van der Waals surface area (Å²) in [6.45, 7) is 2.53. The van der Waals surface area contributed by atoms with E-state index in [1.807, 2.05) is 6.92 Å². The largest absolute Gasteiger partial charge is 0.508 e. The van der Waals surface area contributed by atoms with Crippen LogP contribution in [0, 0.1) is 0 Å². The second-order valence-corrected chi connectivity index (χ2v) is 3.77. The van der Waals surface area contributed by atoms with Crippen molar-refractivity contribution in [2.45, 2.75) is 19.8 Å². The summed E-state index contributed by atoms with van der Waals surface area (Å²) in [7, 11) is 0. The van der Waals surface area contributed by atoms with Gasteiger partial charge in [0.1, 0.15) is 5.75 Å². The smallest absolute Gasteiger partial charge is 0.337 e. The van der Waals surface area contributed by atoms with Crippen LogP contribution in [0.3, 0.4) is 0 Å². The van der Waals surface area contributed by atoms with Crippen LogP contribution in [0.15, 0.2) is 18.2 Å². The van der Waals surface area contributed by atoms with E-state index in [0.29, 0.717) is 6.54 Å². The zero-order valence-electron chi connectivity index (χ0n) is 10.1. The average molecular weight is 252 g/mol. The SMILES string of the molecule is CCCCNC(=O)Nc1ccc(O)cc1C(=O)O. The molecule has 1 aromatic rings. The Bertz CT molecular complexity index is 446. The second kappa shape index (κ2) is 6.48. The molecule has 1 rings (SSSR count). The van der Waals surface area contributed by atoms with Crippen LogP contribution in [0.2, 0.25) is 0 Å². The lowest BCUT2D eigenvalue weighted by Crippen LogP contribution is -2.30. The monoisotopic (exact) mass is 252 g/mol. The number of hydrogen-bond acceptors (Lipinski definition) is 3. The maximum atomic E-state index is 11.5. The van der Waals surface area contributed by atoms with E-state index in [-0.39, 0.29) is 17.0 Å². The first-order chi connectivity index (χ1) is 8.54. The Morgan fingerprint density at radius 1 is 1.33 bits per heavy atom. The van der Waals surface area contributed by atoms with Gasteiger partial charge in [0.25, 0.3) is 0 Å². The number of unbranched alkanes of at least 4 members (excludes halogenated alkanes) is 1. The Hall–Kier alpha value is -2.24. The van der Waals surface area contributed by atoms with Gasteiger partial charge in [-0.1, -0.05) is 13.3 Å². The number of hydrogen-bond donors (Lipinski definition) is 4. The maximum absolute atomic E-state index is 11.5. The fourth-order valence-electron chi connectivity index (χ4n) is 1.36. The maximum Gasteiger partial charge on any atom is 0.337 e. The number of aromatic hydroxyl groups is 1. The molecule has 0 saturated heterocycles. The minimum absolute atomic E-state index is 0.147. The highest BCUT2D eigenvalue weighted by Crippen LogP contribution is 2.21. The Labute approximate surface area is 105 Å². The first-order valence-corrected chi connectivity index (χ1v) is 5.65. The zero-order chi connectivity index (χ0) is 13.5. The molecule has 0 unspecified atom stereocenters. The molecule has 0 aromatic heterocycles. The van der Waals surface area contributed by atoms with E-state index in [0.717, 1.165) is 18.9 Å². The third-order valence-corrected chi connectivity index (χ3v) is 2.30. The first kappa shape index (κ1) is 13.8. The number of nitrogens with one attached hydrogen (secondary N) is 2. The zero-order valence-corrected chi connectivity index (χ0v) is 10.1. The van der Waals surface area contributed by atoms with Crippen LogP contribution in [-0.2, 0) is 0 Å². The molecule has 18 heavy (non-hydrogen) atoms. The number of carboxylic acids is 1. The van der Waals surface area contributed by atoms with Gasteiger partial charge in [-0.25, -0.2) is 9.59 Å². The molecular weight excluding hydrogens is 236 g/mol. The van der Waals surface area contributed by atoms with Crippen molar-refractivity contribution in [3.8, 4) is 5.75 Å². The predicted octanol–water partition coefficient (Wildman–Crippen LogP) is 2.01. The van der Waals surface area contributed by atoms with Crippen LogP contribution in [0.25, 0.3) is 0 Å². The molecule has 0 radical (unpaired) electrons. The van der Waals surface area contributed by atoms with Crippen LogP contribution < -0.4 is 10.6 Å². The summed E-state index contributed by atoms with van der Waals surface area (Å²) in [5, 5.41) is 23.2. The molecule has 0 bridgehead atoms. The number of carbonyl (C=O) groups excluding carboxylic acids is 1. The third-order valence-electron chi connectivity index (χ3n) is 2.30. The van der Waals surface area contributed by atoms with Crippen molar-refractivity contribution in [1.29, 1.82) is 0 Å². The summed E-state index contributed by atoms with van der Waals surface area (Å²) in [4.78, 5) is 22.4. The van der Waals surface area contributed by atoms with Crippen LogP contribution in [0.5, 0.6) is 5.75 Å². The van der Waals surface area contributed by atoms with E-state index in [2.05, 4.69) is 10.6 Å². The van der Waals surface area contributed by atoms with Gasteiger partial charge in [0.15, 0.2) is 0 Å². The highest BCUT2D eigenvalue weighted by Gasteiger charge is 2.12. The number of phenols is 1. The predicted molar refractivity (Wildman–Crippen MR) is 67.0 cm³/mol. The van der Waals surface area contributed by atoms with Gasteiger partial charge in [0, 0.05) is 6.54 Å². The van der Waals surface area contributed by atoms with Crippen molar-refractivity contribution in [1.82, 2.24) is 5.32 Å². The van der Waals surface area contributed by atoms with Crippen LogP contribution in [0.4, 0.5) is 10.5 Å². The van der Waals surface area contributed by atoms with Gasteiger partial charge in [-0.05, 0) is 24.6 Å². The van der Waals surface area contributed by atoms with Crippen LogP contribution in [-0.4, -0.2) is 28.8 Å². The fraction of sp³-hybridized carbons (Fsp3) is 0.333. The van der Waals surface area contributed by atoms with Crippen molar-refractivity contribution in [3.05, 3.63) is 23.8 Å². The van der Waals surface area contributed by atoms with E-state index in [4.69, 9.17) is 5.11 Å². The highest BCUT2D eigenvalue weighted by atomic mass is 16.4. The standard InChI is InChI=1S/C12H16N2O4/c1-2-3-6-13-12(18)14-10-5-4-8(15)7-9(10)11(16)17/h4-5,7,15H,2-3,6H2,1H3,(H,16,17)(H2,13,14,18). The summed E-state index contributed by atoms with van der Waals surface area (Å²) in [6.07, 6.45) is 1.81. The average Bonchev–Trinajstić information content (AvgIpc) is 2.31. The Morgan fingerprint density at radius 2 is 2.06 bits per heavy atom. The number of amides is 2. The molecule has 0 aliphatic carbocycles. The molecule has 4 N–H and O–H groups in total. The highest BCUT2D eigenvalue weighted by molar-refractivity contribution is 6.00. The van der Waals surface area contributed by atoms with Gasteiger partial charge < -0.3 is 20.8 Å². The normalized spacial score (nSPS) is 9.83. The van der Waals surface area contributed by atoms with E-state index in [1.54, 1.807) is 0 Å². The van der Waals surface area contributed by atoms with Gasteiger partial charge in [0.05, 0.1) is 11.3 Å². The summed E-state index contributed by atoms with van der Waals surface area (Å²) in [6, 6.07) is 3.28. The molecule has 98 valence electrons. The molecule has 0 aliphatic rings. The van der Waals surface area contributed by atoms with Gasteiger partial charge >= 0.3 is 12.0 Å². The molecular formula is C12H16N2O4. The number of carboxylic acid groups (broad SMARTS) is 1. The minimum atomic E-state index is -1.21. The van der Waals surface area contributed by atoms with Crippen LogP contribution in [0.1, 0.15) is 30.1 Å². The van der Waals surface area contributed by atoms with Crippen molar-refractivity contribution in [3.63, 3.8) is 0 Å². The van der Waals surface area contributed by atoms with E-state index in [1.165, 1.54) is 12.1 Å². The van der Waals surface area contributed by atoms with E-state index in [9.17, 15) is 14.7 Å². The molecule has 2 amide bonds. The van der Waals surface area contributed by atoms with Crippen LogP contribution >= 0.6 is 0 Å². The van der Waals surface area contributed by atoms with Crippen molar-refractivity contribution in [2.24, 2.45) is 0 Å². The number of anilines is 1. The number of phenolic OH excluding ortho intramolecular Hbond substituents is 1. The second-order valence-electron chi connectivity index (χ2n) is 3.77. The van der Waals surface area contributed by atoms with Gasteiger partial charge in [-0.3, -0.25) is 0 Å². The first-order valence-electron chi connectivity index (χ1n) is 5.65. The summed E-state index contributed by atoms with van der Waals surface area (Å²) in [5.74, 6) is -1.38. The third kappa shape index (κ3) is 3.97. The lowest BCUT2D eigenvalue weighted by atomic mass is 10.1. The van der Waals surface area contributed by atoms with E-state index >= 15 is 0 Å². The molecule has 1 aromatic carbocycles. The molecule has 0 aliphatic heterocycles. The fourth-order valence-corrected chi connectivity index (χ4v) is 1.36. The van der Waals surface area contributed by atoms with Gasteiger partial charge in [-0.2, -0.15) is 0 Å². The van der Waals surface area contributed by atoms with Gasteiger partial charge in [-0.15, -0.1) is 0 Å². The number of benzene rings is 1. The van der Waals surface area contributed by atoms with Crippen molar-refractivity contribution in [2.75, 3.05) is 11.9 Å².